The van der Waals surface area contributed by atoms with Crippen LogP contribution in [0.3, 0.4) is 0 Å². The minimum Gasteiger partial charge on any atom is -0.497 e. The fourth-order valence-corrected chi connectivity index (χ4v) is 2.12. The molecule has 2 aromatic rings. The van der Waals surface area contributed by atoms with Crippen molar-refractivity contribution in [3.05, 3.63) is 58.6 Å². The Morgan fingerprint density at radius 1 is 1.24 bits per heavy atom. The van der Waals surface area contributed by atoms with Crippen LogP contribution in [-0.2, 0) is 6.42 Å². The molecule has 0 aliphatic carbocycles. The number of nitrogens with one attached hydrogen (secondary N) is 1. The van der Waals surface area contributed by atoms with Crippen LogP contribution in [0, 0.1) is 0 Å². The number of para-hydroxylation sites is 1. The van der Waals surface area contributed by atoms with Crippen LogP contribution >= 0.6 is 11.6 Å². The number of hydrogen-bond acceptors (Lipinski definition) is 3. The number of methoxy groups -OCH3 is 1. The van der Waals surface area contributed by atoms with Gasteiger partial charge in [0.25, 0.3) is 5.91 Å². The summed E-state index contributed by atoms with van der Waals surface area (Å²) in [4.78, 5) is 12.0. The molecule has 3 N–H and O–H groups in total. The van der Waals surface area contributed by atoms with Crippen LogP contribution in [0.25, 0.3) is 0 Å². The Hall–Kier alpha value is -2.20. The van der Waals surface area contributed by atoms with Crippen LogP contribution in [0.15, 0.2) is 42.5 Å². The first kappa shape index (κ1) is 15.2. The lowest BCUT2D eigenvalue weighted by molar-refractivity contribution is 0.0955. The maximum Gasteiger partial charge on any atom is 0.253 e. The second kappa shape index (κ2) is 6.99. The normalized spacial score (nSPS) is 10.2. The zero-order valence-corrected chi connectivity index (χ0v) is 12.5. The van der Waals surface area contributed by atoms with E-state index in [4.69, 9.17) is 22.1 Å². The van der Waals surface area contributed by atoms with Crippen LogP contribution in [0.2, 0.25) is 5.02 Å². The molecule has 0 spiro atoms. The number of ether oxygens (including phenoxy) is 1. The number of nitrogens with two attached hydrogens (primary N) is 1. The Labute approximate surface area is 128 Å². The summed E-state index contributed by atoms with van der Waals surface area (Å²) < 4.78 is 5.10. The number of carbonyl (C=O) groups is 1. The molecule has 5 heteroatoms. The molecular formula is C16H17ClN2O2. The minimum atomic E-state index is -0.219. The van der Waals surface area contributed by atoms with Gasteiger partial charge in [0.2, 0.25) is 0 Å². The van der Waals surface area contributed by atoms with E-state index in [0.29, 0.717) is 22.8 Å². The van der Waals surface area contributed by atoms with Crippen molar-refractivity contribution >= 4 is 23.2 Å². The molecule has 4 nitrogen and oxygen atoms in total. The Morgan fingerprint density at radius 2 is 1.95 bits per heavy atom. The number of rotatable bonds is 5. The van der Waals surface area contributed by atoms with Gasteiger partial charge in [-0.25, -0.2) is 0 Å². The maximum absolute atomic E-state index is 12.0. The zero-order valence-electron chi connectivity index (χ0n) is 11.7. The van der Waals surface area contributed by atoms with E-state index in [9.17, 15) is 4.79 Å². The van der Waals surface area contributed by atoms with Gasteiger partial charge in [-0.2, -0.15) is 0 Å². The van der Waals surface area contributed by atoms with Gasteiger partial charge < -0.3 is 15.8 Å². The van der Waals surface area contributed by atoms with Crippen molar-refractivity contribution in [2.75, 3.05) is 19.4 Å². The van der Waals surface area contributed by atoms with Crippen LogP contribution in [-0.4, -0.2) is 19.6 Å². The van der Waals surface area contributed by atoms with E-state index >= 15 is 0 Å². The highest BCUT2D eigenvalue weighted by Gasteiger charge is 2.10. The largest absolute Gasteiger partial charge is 0.497 e. The second-order valence-electron chi connectivity index (χ2n) is 4.56. The summed E-state index contributed by atoms with van der Waals surface area (Å²) >= 11 is 5.90. The molecule has 1 amide bonds. The van der Waals surface area contributed by atoms with Gasteiger partial charge in [-0.1, -0.05) is 29.8 Å². The minimum absolute atomic E-state index is 0.219. The van der Waals surface area contributed by atoms with E-state index in [-0.39, 0.29) is 5.91 Å². The predicted molar refractivity (Wildman–Crippen MR) is 84.9 cm³/mol. The van der Waals surface area contributed by atoms with Gasteiger partial charge in [-0.15, -0.1) is 0 Å². The number of benzene rings is 2. The Balaban J connectivity index is 1.90. The molecule has 0 atom stereocenters. The van der Waals surface area contributed by atoms with Crippen molar-refractivity contribution in [3.63, 3.8) is 0 Å². The lowest BCUT2D eigenvalue weighted by atomic mass is 10.1. The first-order valence-corrected chi connectivity index (χ1v) is 6.94. The number of carbonyl (C=O) groups excluding carboxylic acids is 1. The number of amides is 1. The molecule has 0 radical (unpaired) electrons. The number of hydrogen-bond donors (Lipinski definition) is 2. The molecule has 0 aliphatic rings. The highest BCUT2D eigenvalue weighted by molar-refractivity contribution is 6.33. The topological polar surface area (TPSA) is 64.3 Å². The zero-order chi connectivity index (χ0) is 15.2. The molecule has 0 saturated carbocycles. The van der Waals surface area contributed by atoms with Gasteiger partial charge in [0.05, 0.1) is 23.4 Å². The maximum atomic E-state index is 12.0. The lowest BCUT2D eigenvalue weighted by Crippen LogP contribution is -2.26. The fourth-order valence-electron chi connectivity index (χ4n) is 1.94. The third kappa shape index (κ3) is 3.89. The molecule has 0 saturated heterocycles. The predicted octanol–water partition coefficient (Wildman–Crippen LogP) is 2.90. The monoisotopic (exact) mass is 304 g/mol. The number of nitrogen functional groups attached to an aromatic ring is 1. The van der Waals surface area contributed by atoms with Crippen molar-refractivity contribution in [1.82, 2.24) is 5.32 Å². The molecule has 0 fully saturated rings. The van der Waals surface area contributed by atoms with Gasteiger partial charge in [0, 0.05) is 6.54 Å². The fraction of sp³-hybridized carbons (Fsp3) is 0.188. The van der Waals surface area contributed by atoms with Crippen LogP contribution in [0.5, 0.6) is 5.75 Å². The van der Waals surface area contributed by atoms with Crippen molar-refractivity contribution in [2.24, 2.45) is 0 Å². The average molecular weight is 305 g/mol. The number of halogens is 1. The summed E-state index contributed by atoms with van der Waals surface area (Å²) in [6, 6.07) is 12.8. The molecule has 2 rings (SSSR count). The summed E-state index contributed by atoms with van der Waals surface area (Å²) in [5.41, 5.74) is 7.62. The summed E-state index contributed by atoms with van der Waals surface area (Å²) in [6.45, 7) is 0.525. The molecule has 110 valence electrons. The van der Waals surface area contributed by atoms with Gasteiger partial charge in [0.1, 0.15) is 5.75 Å². The lowest BCUT2D eigenvalue weighted by Gasteiger charge is -2.09. The summed E-state index contributed by atoms with van der Waals surface area (Å²) in [5, 5.41) is 3.22. The molecule has 0 aliphatic heterocycles. The SMILES string of the molecule is COc1ccc(CCNC(=O)c2cccc(Cl)c2N)cc1. The van der Waals surface area contributed by atoms with Crippen molar-refractivity contribution in [3.8, 4) is 5.75 Å². The van der Waals surface area contributed by atoms with E-state index in [2.05, 4.69) is 5.32 Å². The number of anilines is 1. The van der Waals surface area contributed by atoms with E-state index in [1.54, 1.807) is 25.3 Å². The van der Waals surface area contributed by atoms with E-state index in [1.807, 2.05) is 24.3 Å². The second-order valence-corrected chi connectivity index (χ2v) is 4.96. The molecule has 2 aromatic carbocycles. The van der Waals surface area contributed by atoms with Crippen molar-refractivity contribution < 1.29 is 9.53 Å². The van der Waals surface area contributed by atoms with E-state index in [1.165, 1.54) is 0 Å². The van der Waals surface area contributed by atoms with Crippen LogP contribution in [0.1, 0.15) is 15.9 Å². The standard InChI is InChI=1S/C16H17ClN2O2/c1-21-12-7-5-11(6-8-12)9-10-19-16(20)13-3-2-4-14(17)15(13)18/h2-8H,9-10,18H2,1H3,(H,19,20). The highest BCUT2D eigenvalue weighted by atomic mass is 35.5. The molecule has 0 heterocycles. The van der Waals surface area contributed by atoms with Gasteiger partial charge >= 0.3 is 0 Å². The molecular weight excluding hydrogens is 288 g/mol. The first-order valence-electron chi connectivity index (χ1n) is 6.57. The molecule has 21 heavy (non-hydrogen) atoms. The van der Waals surface area contributed by atoms with E-state index in [0.717, 1.165) is 17.7 Å². The summed E-state index contributed by atoms with van der Waals surface area (Å²) in [5.74, 6) is 0.595. The first-order chi connectivity index (χ1) is 10.1. The van der Waals surface area contributed by atoms with Crippen LogP contribution in [0.4, 0.5) is 5.69 Å². The van der Waals surface area contributed by atoms with Crippen molar-refractivity contribution in [1.29, 1.82) is 0 Å². The van der Waals surface area contributed by atoms with Gasteiger partial charge in [0.15, 0.2) is 0 Å². The average Bonchev–Trinajstić information content (AvgIpc) is 2.50. The van der Waals surface area contributed by atoms with Crippen LogP contribution < -0.4 is 15.8 Å². The van der Waals surface area contributed by atoms with Gasteiger partial charge in [-0.05, 0) is 36.2 Å². The third-order valence-corrected chi connectivity index (χ3v) is 3.49. The van der Waals surface area contributed by atoms with Gasteiger partial charge in [-0.3, -0.25) is 4.79 Å². The summed E-state index contributed by atoms with van der Waals surface area (Å²) in [6.07, 6.45) is 0.732. The molecule has 0 bridgehead atoms. The Bertz CT molecular complexity index is 627. The highest BCUT2D eigenvalue weighted by Crippen LogP contribution is 2.22. The molecule has 0 unspecified atom stereocenters. The van der Waals surface area contributed by atoms with Crippen molar-refractivity contribution in [2.45, 2.75) is 6.42 Å². The molecule has 0 aromatic heterocycles. The quantitative estimate of drug-likeness (QED) is 0.835. The third-order valence-electron chi connectivity index (χ3n) is 3.16. The smallest absolute Gasteiger partial charge is 0.253 e. The summed E-state index contributed by atoms with van der Waals surface area (Å²) in [7, 11) is 1.63. The van der Waals surface area contributed by atoms with E-state index < -0.39 is 0 Å². The Morgan fingerprint density at radius 3 is 2.62 bits per heavy atom. The Kier molecular flexibility index (Phi) is 5.06.